The van der Waals surface area contributed by atoms with Crippen LogP contribution in [-0.4, -0.2) is 41.0 Å². The molecule has 2 aromatic carbocycles. The minimum Gasteiger partial charge on any atom is -0.352 e. The lowest BCUT2D eigenvalue weighted by atomic mass is 10.0. The molecule has 0 radical (unpaired) electrons. The maximum atomic E-state index is 12.4. The number of hydrogen-bond acceptors (Lipinski definition) is 7. The molecule has 1 heterocycles. The first-order valence-corrected chi connectivity index (χ1v) is 8.82. The fourth-order valence-corrected chi connectivity index (χ4v) is 3.12. The molecule has 0 aromatic heterocycles. The van der Waals surface area contributed by atoms with Gasteiger partial charge in [-0.2, -0.15) is 0 Å². The molecule has 11 heteroatoms. The van der Waals surface area contributed by atoms with Crippen molar-refractivity contribution in [1.82, 2.24) is 5.32 Å². The second-order valence-electron chi connectivity index (χ2n) is 6.65. The Kier molecular flexibility index (Phi) is 5.54. The predicted molar refractivity (Wildman–Crippen MR) is 105 cm³/mol. The Bertz CT molecular complexity index is 1060. The number of ketones is 1. The van der Waals surface area contributed by atoms with Crippen LogP contribution in [0.2, 0.25) is 0 Å². The molecule has 154 valence electrons. The molecule has 0 unspecified atom stereocenters. The molecule has 2 amide bonds. The third-order valence-electron chi connectivity index (χ3n) is 4.70. The van der Waals surface area contributed by atoms with Crippen LogP contribution in [0.3, 0.4) is 0 Å². The molecular formula is C19H16N4O7. The minimum absolute atomic E-state index is 0.0503. The van der Waals surface area contributed by atoms with Crippen LogP contribution < -0.4 is 10.2 Å². The first kappa shape index (κ1) is 20.6. The van der Waals surface area contributed by atoms with Gasteiger partial charge in [0.15, 0.2) is 5.78 Å². The standard InChI is InChI=1S/C19H16N4O7/c1-21-16-3-2-11(6-12(16)9-18(21)25)17(24)4-5-20-19(26)13-7-14(22(27)28)10-15(8-13)23(29)30/h2-3,6-8,10H,4-5,9H2,1H3,(H,20,26). The van der Waals surface area contributed by atoms with Crippen LogP contribution in [-0.2, 0) is 11.2 Å². The van der Waals surface area contributed by atoms with Crippen molar-refractivity contribution in [3.63, 3.8) is 0 Å². The molecule has 0 saturated carbocycles. The second-order valence-corrected chi connectivity index (χ2v) is 6.65. The summed E-state index contributed by atoms with van der Waals surface area (Å²) in [4.78, 5) is 58.0. The van der Waals surface area contributed by atoms with Crippen molar-refractivity contribution < 1.29 is 24.2 Å². The number of fused-ring (bicyclic) bond motifs is 1. The normalized spacial score (nSPS) is 12.4. The van der Waals surface area contributed by atoms with E-state index < -0.39 is 27.1 Å². The third-order valence-corrected chi connectivity index (χ3v) is 4.70. The van der Waals surface area contributed by atoms with Crippen molar-refractivity contribution in [2.45, 2.75) is 12.8 Å². The summed E-state index contributed by atoms with van der Waals surface area (Å²) in [5, 5.41) is 24.3. The Hall–Kier alpha value is -4.15. The molecule has 0 atom stereocenters. The lowest BCUT2D eigenvalue weighted by Gasteiger charge is -2.10. The van der Waals surface area contributed by atoms with E-state index in [0.29, 0.717) is 5.56 Å². The van der Waals surface area contributed by atoms with E-state index in [1.807, 2.05) is 0 Å². The van der Waals surface area contributed by atoms with E-state index in [1.54, 1.807) is 25.2 Å². The molecule has 1 aliphatic heterocycles. The van der Waals surface area contributed by atoms with Gasteiger partial charge in [0.2, 0.25) is 5.91 Å². The molecule has 2 aromatic rings. The lowest BCUT2D eigenvalue weighted by Crippen LogP contribution is -2.26. The van der Waals surface area contributed by atoms with Gasteiger partial charge in [0.05, 0.1) is 27.9 Å². The topological polar surface area (TPSA) is 153 Å². The number of nitro benzene ring substituents is 2. The summed E-state index contributed by atoms with van der Waals surface area (Å²) >= 11 is 0. The minimum atomic E-state index is -0.830. The number of nitrogens with zero attached hydrogens (tertiary/aromatic N) is 3. The Labute approximate surface area is 169 Å². The van der Waals surface area contributed by atoms with Gasteiger partial charge in [-0.05, 0) is 23.8 Å². The van der Waals surface area contributed by atoms with Crippen LogP contribution >= 0.6 is 0 Å². The van der Waals surface area contributed by atoms with Crippen molar-refractivity contribution in [1.29, 1.82) is 0 Å². The zero-order chi connectivity index (χ0) is 22.0. The summed E-state index contributed by atoms with van der Waals surface area (Å²) < 4.78 is 0. The molecular weight excluding hydrogens is 396 g/mol. The number of amides is 2. The second kappa shape index (κ2) is 8.07. The average molecular weight is 412 g/mol. The highest BCUT2D eigenvalue weighted by Crippen LogP contribution is 2.28. The maximum absolute atomic E-state index is 12.4. The van der Waals surface area contributed by atoms with Gasteiger partial charge in [-0.25, -0.2) is 0 Å². The lowest BCUT2D eigenvalue weighted by molar-refractivity contribution is -0.394. The highest BCUT2D eigenvalue weighted by Gasteiger charge is 2.25. The number of benzene rings is 2. The Morgan fingerprint density at radius 3 is 2.27 bits per heavy atom. The summed E-state index contributed by atoms with van der Waals surface area (Å²) in [6.07, 6.45) is 0.167. The van der Waals surface area contributed by atoms with Gasteiger partial charge in [0.1, 0.15) is 0 Å². The molecule has 11 nitrogen and oxygen atoms in total. The van der Waals surface area contributed by atoms with Crippen LogP contribution in [0.4, 0.5) is 17.1 Å². The SMILES string of the molecule is CN1C(=O)Cc2cc(C(=O)CCNC(=O)c3cc([N+](=O)[O-])cc([N+](=O)[O-])c3)ccc21. The van der Waals surface area contributed by atoms with Crippen molar-refractivity contribution in [2.24, 2.45) is 0 Å². The fraction of sp³-hybridized carbons (Fsp3) is 0.211. The molecule has 3 rings (SSSR count). The van der Waals surface area contributed by atoms with Crippen LogP contribution in [0, 0.1) is 20.2 Å². The third kappa shape index (κ3) is 4.14. The number of Topliss-reactive ketones (excluding diaryl/α,β-unsaturated/α-hetero) is 1. The van der Waals surface area contributed by atoms with Gasteiger partial charge >= 0.3 is 0 Å². The number of anilines is 1. The van der Waals surface area contributed by atoms with Crippen LogP contribution in [0.1, 0.15) is 32.7 Å². The van der Waals surface area contributed by atoms with E-state index in [9.17, 15) is 34.6 Å². The zero-order valence-electron chi connectivity index (χ0n) is 15.8. The first-order valence-electron chi connectivity index (χ1n) is 8.82. The number of rotatable bonds is 7. The fourth-order valence-electron chi connectivity index (χ4n) is 3.12. The summed E-state index contributed by atoms with van der Waals surface area (Å²) in [7, 11) is 1.66. The molecule has 0 bridgehead atoms. The largest absolute Gasteiger partial charge is 0.352 e. The van der Waals surface area contributed by atoms with Gasteiger partial charge in [0.25, 0.3) is 17.3 Å². The Morgan fingerprint density at radius 2 is 1.67 bits per heavy atom. The highest BCUT2D eigenvalue weighted by molar-refractivity contribution is 6.03. The van der Waals surface area contributed by atoms with Crippen LogP contribution in [0.5, 0.6) is 0 Å². The van der Waals surface area contributed by atoms with E-state index in [-0.39, 0.29) is 36.6 Å². The van der Waals surface area contributed by atoms with Crippen LogP contribution in [0.25, 0.3) is 0 Å². The Morgan fingerprint density at radius 1 is 1.03 bits per heavy atom. The van der Waals surface area contributed by atoms with E-state index in [2.05, 4.69) is 5.32 Å². The van der Waals surface area contributed by atoms with Gasteiger partial charge in [-0.1, -0.05) is 0 Å². The average Bonchev–Trinajstić information content (AvgIpc) is 3.00. The van der Waals surface area contributed by atoms with E-state index in [4.69, 9.17) is 0 Å². The monoisotopic (exact) mass is 412 g/mol. The van der Waals surface area contributed by atoms with Gasteiger partial charge in [-0.15, -0.1) is 0 Å². The summed E-state index contributed by atoms with van der Waals surface area (Å²) in [5.74, 6) is -1.09. The van der Waals surface area contributed by atoms with E-state index in [0.717, 1.165) is 29.4 Å². The Balaban J connectivity index is 1.64. The van der Waals surface area contributed by atoms with Crippen molar-refractivity contribution in [3.8, 4) is 0 Å². The molecule has 30 heavy (non-hydrogen) atoms. The van der Waals surface area contributed by atoms with E-state index in [1.165, 1.54) is 4.90 Å². The maximum Gasteiger partial charge on any atom is 0.277 e. The van der Waals surface area contributed by atoms with Crippen molar-refractivity contribution in [2.75, 3.05) is 18.5 Å². The number of carbonyl (C=O) groups excluding carboxylic acids is 3. The molecule has 0 spiro atoms. The van der Waals surface area contributed by atoms with Gasteiger partial charge in [0, 0.05) is 43.4 Å². The summed E-state index contributed by atoms with van der Waals surface area (Å²) in [5.41, 5.74) is 0.490. The number of non-ortho nitro benzene ring substituents is 2. The van der Waals surface area contributed by atoms with Gasteiger partial charge < -0.3 is 10.2 Å². The number of hydrogen-bond donors (Lipinski definition) is 1. The highest BCUT2D eigenvalue weighted by atomic mass is 16.6. The molecule has 1 aliphatic rings. The van der Waals surface area contributed by atoms with E-state index >= 15 is 0 Å². The summed E-state index contributed by atoms with van der Waals surface area (Å²) in [6.45, 7) is -0.0654. The number of nitrogens with one attached hydrogen (secondary N) is 1. The predicted octanol–water partition coefficient (Wildman–Crippen LogP) is 2.02. The number of carbonyl (C=O) groups is 3. The molecule has 0 aliphatic carbocycles. The zero-order valence-corrected chi connectivity index (χ0v) is 15.8. The van der Waals surface area contributed by atoms with Crippen molar-refractivity contribution in [3.05, 3.63) is 73.3 Å². The van der Waals surface area contributed by atoms with Crippen LogP contribution in [0.15, 0.2) is 36.4 Å². The van der Waals surface area contributed by atoms with Gasteiger partial charge in [-0.3, -0.25) is 34.6 Å². The number of likely N-dealkylation sites (N-methyl/N-ethyl adjacent to an activating group) is 1. The summed E-state index contributed by atoms with van der Waals surface area (Å²) in [6, 6.07) is 7.55. The molecule has 0 fully saturated rings. The number of nitro groups is 2. The van der Waals surface area contributed by atoms with Crippen molar-refractivity contribution >= 4 is 34.7 Å². The molecule has 1 N–H and O–H groups in total. The quantitative estimate of drug-likeness (QED) is 0.415. The molecule has 0 saturated heterocycles. The first-order chi connectivity index (χ1) is 14.2. The smallest absolute Gasteiger partial charge is 0.277 e.